The summed E-state index contributed by atoms with van der Waals surface area (Å²) < 4.78 is 33.1. The molecule has 0 radical (unpaired) electrons. The Balaban J connectivity index is 0.00000324. The van der Waals surface area contributed by atoms with E-state index in [-0.39, 0.29) is 30.6 Å². The lowest BCUT2D eigenvalue weighted by molar-refractivity contribution is 0.0384. The Hall–Kier alpha value is 0.0800. The number of halogens is 1. The van der Waals surface area contributed by atoms with Crippen LogP contribution in [-0.4, -0.2) is 62.5 Å². The molecule has 2 atom stereocenters. The molecule has 1 saturated heterocycles. The van der Waals surface area contributed by atoms with Gasteiger partial charge in [0.2, 0.25) is 0 Å². The second-order valence-corrected chi connectivity index (χ2v) is 6.94. The van der Waals surface area contributed by atoms with Crippen LogP contribution in [0.2, 0.25) is 0 Å². The maximum atomic E-state index is 12.4. The molecule has 0 aliphatic carbocycles. The fraction of sp³-hybridized carbons (Fsp3) is 1.00. The van der Waals surface area contributed by atoms with Crippen molar-refractivity contribution in [3.05, 3.63) is 0 Å². The van der Waals surface area contributed by atoms with Gasteiger partial charge in [0.15, 0.2) is 0 Å². The summed E-state index contributed by atoms with van der Waals surface area (Å²) in [6.45, 7) is 4.51. The van der Waals surface area contributed by atoms with Gasteiger partial charge in [-0.05, 0) is 26.7 Å². The van der Waals surface area contributed by atoms with Crippen molar-refractivity contribution in [2.24, 2.45) is 5.73 Å². The number of nitrogens with zero attached hydrogens (tertiary/aromatic N) is 2. The van der Waals surface area contributed by atoms with Crippen molar-refractivity contribution in [3.63, 3.8) is 0 Å². The molecule has 1 aliphatic rings. The molecule has 8 heteroatoms. The zero-order chi connectivity index (χ0) is 13.9. The third-order valence-electron chi connectivity index (χ3n) is 3.61. The minimum absolute atomic E-state index is 0. The average Bonchev–Trinajstić information content (AvgIpc) is 2.36. The van der Waals surface area contributed by atoms with Crippen molar-refractivity contribution in [2.75, 3.05) is 27.2 Å². The molecule has 1 heterocycles. The number of hydrogen-bond donors (Lipinski definition) is 1. The molecule has 0 bridgehead atoms. The summed E-state index contributed by atoms with van der Waals surface area (Å²) in [6, 6.07) is -0.233. The molecule has 0 aromatic carbocycles. The second-order valence-electron chi connectivity index (χ2n) is 5.00. The standard InChI is InChI=1S/C11H25N3O3S.ClH/c1-9(2)13(3)18(15,16)14-6-5-11(17-4)7-10(14)8-12;/h9-11H,5-8,12H2,1-4H3;1H. The number of hydrogen-bond acceptors (Lipinski definition) is 4. The zero-order valence-electron chi connectivity index (χ0n) is 12.1. The van der Waals surface area contributed by atoms with Gasteiger partial charge in [-0.25, -0.2) is 0 Å². The Bertz CT molecular complexity index is 364. The molecule has 0 spiro atoms. The van der Waals surface area contributed by atoms with Crippen LogP contribution in [0.1, 0.15) is 26.7 Å². The average molecular weight is 316 g/mol. The normalized spacial score (nSPS) is 25.6. The van der Waals surface area contributed by atoms with Crippen LogP contribution >= 0.6 is 12.4 Å². The number of ether oxygens (including phenoxy) is 1. The van der Waals surface area contributed by atoms with E-state index in [1.54, 1.807) is 14.2 Å². The van der Waals surface area contributed by atoms with Crippen LogP contribution < -0.4 is 5.73 Å². The highest BCUT2D eigenvalue weighted by atomic mass is 35.5. The minimum atomic E-state index is -3.42. The van der Waals surface area contributed by atoms with Crippen LogP contribution in [0.3, 0.4) is 0 Å². The van der Waals surface area contributed by atoms with E-state index in [4.69, 9.17) is 10.5 Å². The highest BCUT2D eigenvalue weighted by Gasteiger charge is 2.38. The highest BCUT2D eigenvalue weighted by molar-refractivity contribution is 7.86. The van der Waals surface area contributed by atoms with Gasteiger partial charge in [0, 0.05) is 39.3 Å². The van der Waals surface area contributed by atoms with E-state index < -0.39 is 10.2 Å². The first-order valence-electron chi connectivity index (χ1n) is 6.32. The maximum Gasteiger partial charge on any atom is 0.282 e. The molecule has 2 N–H and O–H groups in total. The van der Waals surface area contributed by atoms with Crippen molar-refractivity contribution in [1.82, 2.24) is 8.61 Å². The van der Waals surface area contributed by atoms with Crippen molar-refractivity contribution >= 4 is 22.6 Å². The topological polar surface area (TPSA) is 75.9 Å². The monoisotopic (exact) mass is 315 g/mol. The zero-order valence-corrected chi connectivity index (χ0v) is 13.7. The summed E-state index contributed by atoms with van der Waals surface area (Å²) in [5, 5.41) is 0. The Morgan fingerprint density at radius 3 is 2.47 bits per heavy atom. The SMILES string of the molecule is COC1CCN(S(=O)(=O)N(C)C(C)C)C(CN)C1.Cl. The predicted molar refractivity (Wildman–Crippen MR) is 78.6 cm³/mol. The molecule has 0 aromatic rings. The molecular formula is C11H26ClN3O3S. The summed E-state index contributed by atoms with van der Waals surface area (Å²) in [5.41, 5.74) is 5.70. The van der Waals surface area contributed by atoms with E-state index in [0.29, 0.717) is 19.5 Å². The lowest BCUT2D eigenvalue weighted by atomic mass is 10.0. The van der Waals surface area contributed by atoms with E-state index >= 15 is 0 Å². The smallest absolute Gasteiger partial charge is 0.282 e. The molecule has 1 fully saturated rings. The molecule has 19 heavy (non-hydrogen) atoms. The molecular weight excluding hydrogens is 290 g/mol. The van der Waals surface area contributed by atoms with E-state index in [1.165, 1.54) is 8.61 Å². The summed E-state index contributed by atoms with van der Waals surface area (Å²) >= 11 is 0. The van der Waals surface area contributed by atoms with Gasteiger partial charge in [0.1, 0.15) is 0 Å². The summed E-state index contributed by atoms with van der Waals surface area (Å²) in [5.74, 6) is 0. The van der Waals surface area contributed by atoms with Gasteiger partial charge in [-0.1, -0.05) is 0 Å². The molecule has 1 aliphatic heterocycles. The number of nitrogens with two attached hydrogens (primary N) is 1. The molecule has 116 valence electrons. The Labute approximate surface area is 122 Å². The lowest BCUT2D eigenvalue weighted by Gasteiger charge is -2.39. The molecule has 1 rings (SSSR count). The number of methoxy groups -OCH3 is 1. The largest absolute Gasteiger partial charge is 0.381 e. The van der Waals surface area contributed by atoms with Gasteiger partial charge in [-0.3, -0.25) is 0 Å². The van der Waals surface area contributed by atoms with E-state index in [9.17, 15) is 8.42 Å². The number of piperidine rings is 1. The van der Waals surface area contributed by atoms with Crippen molar-refractivity contribution in [3.8, 4) is 0 Å². The van der Waals surface area contributed by atoms with Crippen molar-refractivity contribution in [2.45, 2.75) is 44.9 Å². The van der Waals surface area contributed by atoms with Crippen LogP contribution in [0.4, 0.5) is 0 Å². The van der Waals surface area contributed by atoms with E-state index in [2.05, 4.69) is 0 Å². The van der Waals surface area contributed by atoms with E-state index in [1.807, 2.05) is 13.8 Å². The van der Waals surface area contributed by atoms with Crippen molar-refractivity contribution < 1.29 is 13.2 Å². The van der Waals surface area contributed by atoms with Gasteiger partial charge >= 0.3 is 0 Å². The van der Waals surface area contributed by atoms with Crippen LogP contribution in [0.5, 0.6) is 0 Å². The quantitative estimate of drug-likeness (QED) is 0.798. The highest BCUT2D eigenvalue weighted by Crippen LogP contribution is 2.24. The first-order chi connectivity index (χ1) is 8.34. The van der Waals surface area contributed by atoms with E-state index in [0.717, 1.165) is 6.42 Å². The fourth-order valence-electron chi connectivity index (χ4n) is 2.16. The van der Waals surface area contributed by atoms with Gasteiger partial charge in [0.05, 0.1) is 6.10 Å². The minimum Gasteiger partial charge on any atom is -0.381 e. The summed E-state index contributed by atoms with van der Waals surface area (Å²) in [7, 11) is -0.161. The maximum absolute atomic E-state index is 12.4. The molecule has 0 aromatic heterocycles. The second kappa shape index (κ2) is 7.75. The Morgan fingerprint density at radius 2 is 2.05 bits per heavy atom. The molecule has 6 nitrogen and oxygen atoms in total. The fourth-order valence-corrected chi connectivity index (χ4v) is 3.90. The third-order valence-corrected chi connectivity index (χ3v) is 5.83. The molecule has 2 unspecified atom stereocenters. The third kappa shape index (κ3) is 4.27. The van der Waals surface area contributed by atoms with Crippen LogP contribution in [0.25, 0.3) is 0 Å². The lowest BCUT2D eigenvalue weighted by Crippen LogP contribution is -2.55. The Kier molecular flexibility index (Phi) is 7.79. The predicted octanol–water partition coefficient (Wildman–Crippen LogP) is 0.431. The van der Waals surface area contributed by atoms with Crippen molar-refractivity contribution in [1.29, 1.82) is 0 Å². The van der Waals surface area contributed by atoms with Gasteiger partial charge < -0.3 is 10.5 Å². The molecule has 0 amide bonds. The summed E-state index contributed by atoms with van der Waals surface area (Å²) in [6.07, 6.45) is 1.49. The van der Waals surface area contributed by atoms with Crippen LogP contribution in [0, 0.1) is 0 Å². The van der Waals surface area contributed by atoms with Gasteiger partial charge in [0.25, 0.3) is 10.2 Å². The first-order valence-corrected chi connectivity index (χ1v) is 7.72. The Morgan fingerprint density at radius 1 is 1.47 bits per heavy atom. The van der Waals surface area contributed by atoms with Gasteiger partial charge in [-0.15, -0.1) is 12.4 Å². The van der Waals surface area contributed by atoms with Crippen LogP contribution in [-0.2, 0) is 14.9 Å². The van der Waals surface area contributed by atoms with Crippen LogP contribution in [0.15, 0.2) is 0 Å². The number of rotatable bonds is 5. The van der Waals surface area contributed by atoms with Gasteiger partial charge in [-0.2, -0.15) is 17.0 Å². The first kappa shape index (κ1) is 19.1. The molecule has 0 saturated carbocycles. The summed E-state index contributed by atoms with van der Waals surface area (Å²) in [4.78, 5) is 0.